The van der Waals surface area contributed by atoms with Crippen molar-refractivity contribution in [2.24, 2.45) is 5.10 Å². The van der Waals surface area contributed by atoms with Gasteiger partial charge in [-0.1, -0.05) is 42.5 Å². The Morgan fingerprint density at radius 1 is 0.720 bits per heavy atom. The molecule has 6 heteroatoms. The van der Waals surface area contributed by atoms with E-state index in [2.05, 4.69) is 10.5 Å². The smallest absolute Gasteiger partial charge is 0.176 e. The van der Waals surface area contributed by atoms with Crippen LogP contribution in [0, 0.1) is 11.6 Å². The summed E-state index contributed by atoms with van der Waals surface area (Å²) in [6, 6.07) is 21.7. The minimum atomic E-state index is -0.375. The molecule has 3 aromatic rings. The number of hydrazine groups is 2. The fourth-order valence-electron chi connectivity index (χ4n) is 2.58. The van der Waals surface area contributed by atoms with Gasteiger partial charge in [0, 0.05) is 17.7 Å². The molecule has 1 aliphatic heterocycles. The number of amidine groups is 1. The Balaban J connectivity index is 1.78. The lowest BCUT2D eigenvalue weighted by Gasteiger charge is -2.27. The summed E-state index contributed by atoms with van der Waals surface area (Å²) in [5, 5.41) is 7.60. The fourth-order valence-corrected chi connectivity index (χ4v) is 2.58. The van der Waals surface area contributed by atoms with Crippen molar-refractivity contribution < 1.29 is 8.78 Å². The minimum Gasteiger partial charge on any atom is -0.259 e. The molecule has 1 aliphatic rings. The number of hydrogen-bond acceptors (Lipinski definition) is 4. The van der Waals surface area contributed by atoms with Crippen LogP contribution >= 0.6 is 0 Å². The Morgan fingerprint density at radius 2 is 1.36 bits per heavy atom. The van der Waals surface area contributed by atoms with Crippen LogP contribution < -0.4 is 15.7 Å². The summed E-state index contributed by atoms with van der Waals surface area (Å²) in [6.07, 6.45) is 0. The summed E-state index contributed by atoms with van der Waals surface area (Å²) in [4.78, 5) is 0. The second kappa shape index (κ2) is 6.24. The highest BCUT2D eigenvalue weighted by Gasteiger charge is 2.26. The van der Waals surface area contributed by atoms with Crippen LogP contribution in [0.2, 0.25) is 0 Å². The Morgan fingerprint density at radius 3 is 2.04 bits per heavy atom. The van der Waals surface area contributed by atoms with Crippen LogP contribution in [0.15, 0.2) is 84.0 Å². The normalized spacial score (nSPS) is 13.6. The lowest BCUT2D eigenvalue weighted by Crippen LogP contribution is -2.44. The summed E-state index contributed by atoms with van der Waals surface area (Å²) in [5.74, 6) is -0.166. The molecule has 0 saturated carbocycles. The largest absolute Gasteiger partial charge is 0.259 e. The minimum absolute atomic E-state index is 0.369. The number of hydrazone groups is 1. The van der Waals surface area contributed by atoms with E-state index < -0.39 is 0 Å². The number of hydrogen-bond donors (Lipinski definition) is 1. The molecular weight excluding hydrogens is 322 g/mol. The van der Waals surface area contributed by atoms with E-state index in [-0.39, 0.29) is 11.6 Å². The molecule has 4 rings (SSSR count). The molecule has 0 atom stereocenters. The van der Waals surface area contributed by atoms with Gasteiger partial charge in [-0.3, -0.25) is 5.43 Å². The first-order valence-electron chi connectivity index (χ1n) is 7.73. The molecule has 25 heavy (non-hydrogen) atoms. The number of halogens is 2. The molecule has 0 aliphatic carbocycles. The molecule has 0 saturated heterocycles. The summed E-state index contributed by atoms with van der Waals surface area (Å²) < 4.78 is 27.3. The lowest BCUT2D eigenvalue weighted by molar-refractivity contribution is 0.622. The number of rotatable bonds is 3. The van der Waals surface area contributed by atoms with Crippen molar-refractivity contribution in [3.63, 3.8) is 0 Å². The number of benzene rings is 3. The zero-order valence-corrected chi connectivity index (χ0v) is 13.1. The predicted molar refractivity (Wildman–Crippen MR) is 93.9 cm³/mol. The maximum atomic E-state index is 13.7. The van der Waals surface area contributed by atoms with Gasteiger partial charge in [0.15, 0.2) is 5.84 Å². The lowest BCUT2D eigenvalue weighted by atomic mass is 10.2. The van der Waals surface area contributed by atoms with Gasteiger partial charge in [-0.15, -0.1) is 5.10 Å². The SMILES string of the molecule is Fc1cccc(N2N=C(c3ccccc3)NN2c2cccc(F)c2)c1. The van der Waals surface area contributed by atoms with Crippen molar-refractivity contribution in [2.45, 2.75) is 0 Å². The van der Waals surface area contributed by atoms with Crippen LogP contribution in [0.25, 0.3) is 0 Å². The highest BCUT2D eigenvalue weighted by atomic mass is 19.1. The van der Waals surface area contributed by atoms with Gasteiger partial charge in [0.2, 0.25) is 0 Å². The van der Waals surface area contributed by atoms with E-state index >= 15 is 0 Å². The first kappa shape index (κ1) is 15.1. The zero-order valence-electron chi connectivity index (χ0n) is 13.1. The molecule has 0 amide bonds. The van der Waals surface area contributed by atoms with E-state index in [0.29, 0.717) is 17.2 Å². The Kier molecular flexibility index (Phi) is 3.78. The van der Waals surface area contributed by atoms with E-state index in [1.165, 1.54) is 29.4 Å². The molecule has 0 unspecified atom stereocenters. The molecule has 0 fully saturated rings. The van der Waals surface area contributed by atoms with Crippen LogP contribution in [-0.2, 0) is 0 Å². The molecule has 1 N–H and O–H groups in total. The average Bonchev–Trinajstić information content (AvgIpc) is 3.08. The van der Waals surface area contributed by atoms with Crippen molar-refractivity contribution in [3.8, 4) is 0 Å². The number of nitrogens with zero attached hydrogens (tertiary/aromatic N) is 3. The van der Waals surface area contributed by atoms with Gasteiger partial charge in [-0.2, -0.15) is 10.2 Å². The van der Waals surface area contributed by atoms with Crippen molar-refractivity contribution in [1.29, 1.82) is 0 Å². The predicted octanol–water partition coefficient (Wildman–Crippen LogP) is 4.07. The highest BCUT2D eigenvalue weighted by Crippen LogP contribution is 2.26. The summed E-state index contributed by atoms with van der Waals surface area (Å²) in [7, 11) is 0. The van der Waals surface area contributed by atoms with E-state index in [4.69, 9.17) is 0 Å². The average molecular weight is 336 g/mol. The summed E-state index contributed by atoms with van der Waals surface area (Å²) in [5.41, 5.74) is 5.06. The Labute approximate surface area is 143 Å². The maximum absolute atomic E-state index is 13.7. The van der Waals surface area contributed by atoms with Crippen molar-refractivity contribution >= 4 is 17.2 Å². The standard InChI is InChI=1S/C19H14F2N4/c20-15-8-4-10-17(12-15)24-22-19(14-6-2-1-3-7-14)23-25(24)18-11-5-9-16(21)13-18/h1-13H,(H,22,23). The monoisotopic (exact) mass is 336 g/mol. The Hall–Kier alpha value is -3.41. The van der Waals surface area contributed by atoms with Gasteiger partial charge in [0.1, 0.15) is 11.6 Å². The highest BCUT2D eigenvalue weighted by molar-refractivity contribution is 6.02. The van der Waals surface area contributed by atoms with Crippen LogP contribution in [0.4, 0.5) is 20.2 Å². The van der Waals surface area contributed by atoms with Crippen LogP contribution in [0.1, 0.15) is 5.56 Å². The molecular formula is C19H14F2N4. The third kappa shape index (κ3) is 3.01. The van der Waals surface area contributed by atoms with Crippen molar-refractivity contribution in [2.75, 3.05) is 10.2 Å². The molecule has 124 valence electrons. The van der Waals surface area contributed by atoms with E-state index in [9.17, 15) is 8.78 Å². The van der Waals surface area contributed by atoms with E-state index in [1.807, 2.05) is 30.3 Å². The Bertz CT molecular complexity index is 927. The van der Waals surface area contributed by atoms with Gasteiger partial charge in [-0.25, -0.2) is 8.78 Å². The number of nitrogens with one attached hydrogen (secondary N) is 1. The molecule has 0 aromatic heterocycles. The zero-order chi connectivity index (χ0) is 17.2. The van der Waals surface area contributed by atoms with Gasteiger partial charge in [0.25, 0.3) is 0 Å². The van der Waals surface area contributed by atoms with Crippen LogP contribution in [-0.4, -0.2) is 5.84 Å². The molecule has 0 spiro atoms. The van der Waals surface area contributed by atoms with Crippen LogP contribution in [0.3, 0.4) is 0 Å². The second-order valence-corrected chi connectivity index (χ2v) is 5.49. The van der Waals surface area contributed by atoms with E-state index in [0.717, 1.165) is 5.56 Å². The van der Waals surface area contributed by atoms with Gasteiger partial charge >= 0.3 is 0 Å². The third-order valence-electron chi connectivity index (χ3n) is 3.74. The molecule has 1 heterocycles. The quantitative estimate of drug-likeness (QED) is 0.782. The van der Waals surface area contributed by atoms with Crippen molar-refractivity contribution in [3.05, 3.63) is 96.1 Å². The molecule has 3 aromatic carbocycles. The maximum Gasteiger partial charge on any atom is 0.176 e. The molecule has 4 nitrogen and oxygen atoms in total. The fraction of sp³-hybridized carbons (Fsp3) is 0. The molecule has 0 radical (unpaired) electrons. The first-order valence-corrected chi connectivity index (χ1v) is 7.73. The van der Waals surface area contributed by atoms with Gasteiger partial charge < -0.3 is 0 Å². The van der Waals surface area contributed by atoms with Crippen LogP contribution in [0.5, 0.6) is 0 Å². The summed E-state index contributed by atoms with van der Waals surface area (Å²) >= 11 is 0. The van der Waals surface area contributed by atoms with E-state index in [1.54, 1.807) is 29.4 Å². The van der Waals surface area contributed by atoms with Gasteiger partial charge in [0.05, 0.1) is 11.4 Å². The second-order valence-electron chi connectivity index (χ2n) is 5.49. The van der Waals surface area contributed by atoms with Gasteiger partial charge in [-0.05, 0) is 24.3 Å². The van der Waals surface area contributed by atoms with Crippen molar-refractivity contribution in [1.82, 2.24) is 5.43 Å². The molecule has 0 bridgehead atoms. The third-order valence-corrected chi connectivity index (χ3v) is 3.74. The topological polar surface area (TPSA) is 30.9 Å². The first-order chi connectivity index (χ1) is 12.2. The number of anilines is 2. The summed E-state index contributed by atoms with van der Waals surface area (Å²) in [6.45, 7) is 0.